The maximum absolute atomic E-state index is 13.3. The first kappa shape index (κ1) is 47.3. The predicted octanol–water partition coefficient (Wildman–Crippen LogP) is 8.36. The lowest BCUT2D eigenvalue weighted by Gasteiger charge is -2.35. The maximum Gasteiger partial charge on any atom is 0.260 e. The Kier molecular flexibility index (Phi) is 14.5. The van der Waals surface area contributed by atoms with E-state index in [4.69, 9.17) is 48.4 Å². The molecular formula is C48H43Cl2F2N11O4S2. The van der Waals surface area contributed by atoms with Crippen molar-refractivity contribution in [1.29, 1.82) is 0 Å². The van der Waals surface area contributed by atoms with Crippen LogP contribution in [-0.4, -0.2) is 117 Å². The zero-order valence-electron chi connectivity index (χ0n) is 37.0. The highest BCUT2D eigenvalue weighted by Crippen LogP contribution is 2.34. The molecule has 15 nitrogen and oxygen atoms in total. The van der Waals surface area contributed by atoms with E-state index in [1.807, 2.05) is 6.92 Å². The standard InChI is InChI=1S/C24H22ClFN6O2S.C24H21ClFN5O2S/c25-16-3-7-18(8-4-16)34-14-20(33)31-9-11-32(12-10-31)22-21-23(30-24(27)29-22)35-19(28-21)13-15-1-5-17(26)6-2-15;1-15-27-22(21-24(28-15)34-23(29-21)16-2-6-18(26)7-3-16)31-12-10-30(11-13-31)20(32)14-33-19-8-4-17(25)5-9-19/h1-8H,9-14H2,(H2,27,29,30);2-9H,10-14H2,1H3. The SMILES string of the molecule is Cc1nc(N2CCN(C(=O)COc3ccc(Cl)cc3)CC2)c2nc(-c3ccc(F)cc3)sc2n1.Nc1nc(N2CCN(C(=O)COc3ccc(Cl)cc3)CC2)c2nc(Cc3ccc(F)cc3)sc2n1. The van der Waals surface area contributed by atoms with E-state index in [-0.39, 0.29) is 42.6 Å². The minimum Gasteiger partial charge on any atom is -0.484 e. The van der Waals surface area contributed by atoms with Crippen molar-refractivity contribution >= 4 is 96.0 Å². The summed E-state index contributed by atoms with van der Waals surface area (Å²) in [6.07, 6.45) is 0.566. The number of benzene rings is 4. The molecule has 0 bridgehead atoms. The molecule has 2 N–H and O–H groups in total. The molecule has 0 spiro atoms. The van der Waals surface area contributed by atoms with Crippen molar-refractivity contribution in [2.75, 3.05) is 81.1 Å². The average Bonchev–Trinajstić information content (AvgIpc) is 3.98. The van der Waals surface area contributed by atoms with Crippen LogP contribution in [0, 0.1) is 18.6 Å². The molecule has 8 aromatic rings. The van der Waals surface area contributed by atoms with Crippen LogP contribution in [0.3, 0.4) is 0 Å². The van der Waals surface area contributed by atoms with Crippen LogP contribution in [0.25, 0.3) is 31.3 Å². The highest BCUT2D eigenvalue weighted by atomic mass is 35.5. The van der Waals surface area contributed by atoms with Gasteiger partial charge in [-0.3, -0.25) is 9.59 Å². The Labute approximate surface area is 413 Å². The Morgan fingerprint density at radius 3 is 1.61 bits per heavy atom. The Morgan fingerprint density at radius 1 is 0.594 bits per heavy atom. The van der Waals surface area contributed by atoms with Gasteiger partial charge < -0.3 is 34.8 Å². The first-order chi connectivity index (χ1) is 33.4. The summed E-state index contributed by atoms with van der Waals surface area (Å²) in [7, 11) is 0. The fourth-order valence-corrected chi connectivity index (χ4v) is 9.87. The lowest BCUT2D eigenvalue weighted by Crippen LogP contribution is -2.50. The molecule has 4 aromatic carbocycles. The molecule has 2 saturated heterocycles. The third-order valence-corrected chi connectivity index (χ3v) is 13.7. The van der Waals surface area contributed by atoms with Gasteiger partial charge in [0, 0.05) is 74.4 Å². The van der Waals surface area contributed by atoms with E-state index in [9.17, 15) is 18.4 Å². The molecule has 0 atom stereocenters. The molecule has 21 heteroatoms. The van der Waals surface area contributed by atoms with E-state index in [0.29, 0.717) is 102 Å². The molecule has 2 fully saturated rings. The van der Waals surface area contributed by atoms with Gasteiger partial charge in [0.25, 0.3) is 11.8 Å². The normalized spacial score (nSPS) is 13.9. The number of piperazine rings is 2. The number of nitrogens with zero attached hydrogens (tertiary/aromatic N) is 10. The summed E-state index contributed by atoms with van der Waals surface area (Å²) in [5, 5.41) is 2.85. The summed E-state index contributed by atoms with van der Waals surface area (Å²) in [6.45, 7) is 6.40. The number of aromatic nitrogens is 6. The second-order valence-corrected chi connectivity index (χ2v) is 18.9. The van der Waals surface area contributed by atoms with Gasteiger partial charge in [0.05, 0.1) is 5.01 Å². The first-order valence-electron chi connectivity index (χ1n) is 21.8. The number of carbonyl (C=O) groups is 2. The van der Waals surface area contributed by atoms with Gasteiger partial charge in [-0.25, -0.2) is 33.7 Å². The number of rotatable bonds is 11. The molecule has 0 aliphatic carbocycles. The van der Waals surface area contributed by atoms with Crippen LogP contribution in [-0.2, 0) is 16.0 Å². The van der Waals surface area contributed by atoms with Crippen molar-refractivity contribution in [2.45, 2.75) is 13.3 Å². The molecule has 0 unspecified atom stereocenters. The Hall–Kier alpha value is -6.80. The second-order valence-electron chi connectivity index (χ2n) is 16.0. The van der Waals surface area contributed by atoms with Crippen molar-refractivity contribution in [3.63, 3.8) is 0 Å². The molecule has 6 heterocycles. The summed E-state index contributed by atoms with van der Waals surface area (Å²) in [5.41, 5.74) is 9.19. The zero-order valence-corrected chi connectivity index (χ0v) is 40.2. The average molecular weight is 1010 g/mol. The molecule has 69 heavy (non-hydrogen) atoms. The summed E-state index contributed by atoms with van der Waals surface area (Å²) in [6, 6.07) is 26.5. The Morgan fingerprint density at radius 2 is 1.07 bits per heavy atom. The van der Waals surface area contributed by atoms with Crippen LogP contribution in [0.5, 0.6) is 11.5 Å². The summed E-state index contributed by atoms with van der Waals surface area (Å²) in [5.74, 6) is 2.77. The molecule has 2 aliphatic rings. The summed E-state index contributed by atoms with van der Waals surface area (Å²) >= 11 is 14.7. The van der Waals surface area contributed by atoms with E-state index >= 15 is 0 Å². The van der Waals surface area contributed by atoms with Crippen molar-refractivity contribution in [2.24, 2.45) is 0 Å². The molecule has 0 saturated carbocycles. The molecule has 2 amide bonds. The molecule has 10 rings (SSSR count). The minimum absolute atomic E-state index is 0.0222. The lowest BCUT2D eigenvalue weighted by molar-refractivity contribution is -0.134. The number of fused-ring (bicyclic) bond motifs is 2. The molecule has 354 valence electrons. The smallest absolute Gasteiger partial charge is 0.260 e. The van der Waals surface area contributed by atoms with Gasteiger partial charge >= 0.3 is 0 Å². The van der Waals surface area contributed by atoms with Gasteiger partial charge in [0.2, 0.25) is 5.95 Å². The largest absolute Gasteiger partial charge is 0.484 e. The molecule has 4 aromatic heterocycles. The minimum atomic E-state index is -0.285. The monoisotopic (exact) mass is 1010 g/mol. The van der Waals surface area contributed by atoms with E-state index in [1.165, 1.54) is 46.9 Å². The van der Waals surface area contributed by atoms with Crippen LogP contribution < -0.4 is 25.0 Å². The zero-order chi connectivity index (χ0) is 48.0. The van der Waals surface area contributed by atoms with Gasteiger partial charge in [-0.1, -0.05) is 58.0 Å². The Bertz CT molecular complexity index is 3080. The number of hydrogen-bond acceptors (Lipinski definition) is 15. The number of ether oxygens (including phenoxy) is 2. The van der Waals surface area contributed by atoms with Crippen LogP contribution in [0.4, 0.5) is 26.4 Å². The number of anilines is 3. The van der Waals surface area contributed by atoms with E-state index in [0.717, 1.165) is 37.3 Å². The van der Waals surface area contributed by atoms with Gasteiger partial charge in [-0.05, 0) is 97.4 Å². The van der Waals surface area contributed by atoms with Crippen molar-refractivity contribution in [1.82, 2.24) is 39.7 Å². The number of nitrogens with two attached hydrogens (primary N) is 1. The molecule has 2 aliphatic heterocycles. The van der Waals surface area contributed by atoms with Gasteiger partial charge in [0.1, 0.15) is 49.8 Å². The summed E-state index contributed by atoms with van der Waals surface area (Å²) < 4.78 is 37.7. The van der Waals surface area contributed by atoms with Gasteiger partial charge in [0.15, 0.2) is 29.7 Å². The van der Waals surface area contributed by atoms with Crippen LogP contribution >= 0.6 is 45.9 Å². The fourth-order valence-electron chi connectivity index (χ4n) is 7.66. The molecular weight excluding hydrogens is 968 g/mol. The van der Waals surface area contributed by atoms with Crippen molar-refractivity contribution < 1.29 is 27.8 Å². The van der Waals surface area contributed by atoms with Crippen molar-refractivity contribution in [3.8, 4) is 22.1 Å². The molecule has 0 radical (unpaired) electrons. The first-order valence-corrected chi connectivity index (χ1v) is 24.2. The third kappa shape index (κ3) is 11.7. The lowest BCUT2D eigenvalue weighted by atomic mass is 10.1. The third-order valence-electron chi connectivity index (χ3n) is 11.2. The number of carbonyl (C=O) groups excluding carboxylic acids is 2. The number of nitrogen functional groups attached to an aromatic ring is 1. The maximum atomic E-state index is 13.3. The number of hydrogen-bond donors (Lipinski definition) is 1. The number of thiazole rings is 2. The fraction of sp³-hybridized carbons (Fsp3) is 0.250. The topological polar surface area (TPSA) is 169 Å². The quantitative estimate of drug-likeness (QED) is 0.131. The highest BCUT2D eigenvalue weighted by Gasteiger charge is 2.27. The number of aryl methyl sites for hydroxylation is 1. The van der Waals surface area contributed by atoms with Crippen LogP contribution in [0.1, 0.15) is 16.4 Å². The van der Waals surface area contributed by atoms with E-state index in [1.54, 1.807) is 82.6 Å². The van der Waals surface area contributed by atoms with Crippen molar-refractivity contribution in [3.05, 3.63) is 135 Å². The highest BCUT2D eigenvalue weighted by molar-refractivity contribution is 7.21. The van der Waals surface area contributed by atoms with E-state index < -0.39 is 0 Å². The van der Waals surface area contributed by atoms with Crippen LogP contribution in [0.15, 0.2) is 97.1 Å². The number of amides is 2. The summed E-state index contributed by atoms with van der Waals surface area (Å²) in [4.78, 5) is 62.1. The van der Waals surface area contributed by atoms with E-state index in [2.05, 4.69) is 29.7 Å². The number of halogens is 4. The van der Waals surface area contributed by atoms with Gasteiger partial charge in [-0.15, -0.1) is 0 Å². The van der Waals surface area contributed by atoms with Crippen LogP contribution in [0.2, 0.25) is 10.0 Å². The van der Waals surface area contributed by atoms with Gasteiger partial charge in [-0.2, -0.15) is 4.98 Å². The Balaban J connectivity index is 0.000000172. The second kappa shape index (κ2) is 21.2. The predicted molar refractivity (Wildman–Crippen MR) is 266 cm³/mol.